The average molecular weight is 295 g/mol. The van der Waals surface area contributed by atoms with Gasteiger partial charge in [-0.1, -0.05) is 12.1 Å². The number of sulfonamides is 1. The normalized spacial score (nSPS) is 10.8. The van der Waals surface area contributed by atoms with Crippen molar-refractivity contribution in [1.29, 1.82) is 5.26 Å². The van der Waals surface area contributed by atoms with Gasteiger partial charge in [-0.2, -0.15) is 5.26 Å². The lowest BCUT2D eigenvalue weighted by atomic mass is 10.2. The first-order valence-corrected chi connectivity index (χ1v) is 7.71. The number of carbonyl (C=O) groups excluding carboxylic acids is 1. The first-order chi connectivity index (χ1) is 9.46. The molecule has 1 N–H and O–H groups in total. The van der Waals surface area contributed by atoms with Gasteiger partial charge in [0.25, 0.3) is 0 Å². The van der Waals surface area contributed by atoms with Crippen LogP contribution in [0.2, 0.25) is 0 Å². The first kappa shape index (κ1) is 16.1. The Kier molecular flexibility index (Phi) is 5.67. The van der Waals surface area contributed by atoms with Gasteiger partial charge in [0.1, 0.15) is 6.07 Å². The number of nitrogens with one attached hydrogen (secondary N) is 1. The fourth-order valence-electron chi connectivity index (χ4n) is 1.72. The fraction of sp³-hybridized carbons (Fsp3) is 0.385. The second kappa shape index (κ2) is 7.03. The molecule has 0 spiro atoms. The Balaban J connectivity index is 2.87. The second-order valence-corrected chi connectivity index (χ2v) is 5.73. The number of likely N-dealkylation sites (N-methyl/N-ethyl adjacent to an activating group) is 1. The lowest BCUT2D eigenvalue weighted by Gasteiger charge is -2.18. The Hall–Kier alpha value is -1.91. The van der Waals surface area contributed by atoms with E-state index in [1.807, 2.05) is 19.9 Å². The van der Waals surface area contributed by atoms with E-state index in [1.165, 1.54) is 23.1 Å². The number of hydrogen-bond donors (Lipinski definition) is 1. The molecule has 1 aromatic rings. The molecule has 1 aromatic carbocycles. The van der Waals surface area contributed by atoms with Crippen molar-refractivity contribution in [1.82, 2.24) is 9.62 Å². The predicted molar refractivity (Wildman–Crippen MR) is 74.3 cm³/mol. The zero-order chi connectivity index (χ0) is 15.2. The second-order valence-electron chi connectivity index (χ2n) is 4.00. The van der Waals surface area contributed by atoms with Crippen molar-refractivity contribution in [3.8, 4) is 6.07 Å². The van der Waals surface area contributed by atoms with Gasteiger partial charge in [0, 0.05) is 13.1 Å². The van der Waals surface area contributed by atoms with Gasteiger partial charge in [-0.25, -0.2) is 13.1 Å². The van der Waals surface area contributed by atoms with E-state index in [0.717, 1.165) is 0 Å². The van der Waals surface area contributed by atoms with Gasteiger partial charge in [-0.05, 0) is 26.0 Å². The predicted octanol–water partition coefficient (Wildman–Crippen LogP) is 0.705. The minimum atomic E-state index is -3.87. The van der Waals surface area contributed by atoms with Crippen LogP contribution >= 0.6 is 0 Å². The van der Waals surface area contributed by atoms with Crippen LogP contribution in [-0.2, 0) is 14.8 Å². The Morgan fingerprint density at radius 1 is 1.30 bits per heavy atom. The van der Waals surface area contributed by atoms with Gasteiger partial charge in [0.15, 0.2) is 0 Å². The summed E-state index contributed by atoms with van der Waals surface area (Å²) in [7, 11) is -3.87. The molecular formula is C13H17N3O3S. The van der Waals surface area contributed by atoms with Crippen molar-refractivity contribution in [2.24, 2.45) is 0 Å². The van der Waals surface area contributed by atoms with Crippen LogP contribution in [0.4, 0.5) is 0 Å². The summed E-state index contributed by atoms with van der Waals surface area (Å²) in [5.41, 5.74) is 0.0512. The highest BCUT2D eigenvalue weighted by Gasteiger charge is 2.20. The highest BCUT2D eigenvalue weighted by Crippen LogP contribution is 2.13. The number of benzene rings is 1. The van der Waals surface area contributed by atoms with E-state index in [2.05, 4.69) is 4.72 Å². The first-order valence-electron chi connectivity index (χ1n) is 6.22. The maximum atomic E-state index is 12.1. The molecule has 0 unspecified atom stereocenters. The van der Waals surface area contributed by atoms with E-state index in [9.17, 15) is 13.2 Å². The van der Waals surface area contributed by atoms with Crippen LogP contribution in [0.1, 0.15) is 19.4 Å². The minimum absolute atomic E-state index is 0.0512. The Labute approximate surface area is 119 Å². The summed E-state index contributed by atoms with van der Waals surface area (Å²) >= 11 is 0. The monoisotopic (exact) mass is 295 g/mol. The number of amides is 1. The molecule has 0 bridgehead atoms. The summed E-state index contributed by atoms with van der Waals surface area (Å²) < 4.78 is 26.4. The van der Waals surface area contributed by atoms with E-state index < -0.39 is 10.0 Å². The zero-order valence-corrected chi connectivity index (χ0v) is 12.3. The molecule has 0 aromatic heterocycles. The molecule has 0 fully saturated rings. The lowest BCUT2D eigenvalue weighted by Crippen LogP contribution is -2.40. The van der Waals surface area contributed by atoms with Crippen molar-refractivity contribution in [3.05, 3.63) is 29.8 Å². The van der Waals surface area contributed by atoms with E-state index in [4.69, 9.17) is 5.26 Å². The molecule has 0 saturated heterocycles. The van der Waals surface area contributed by atoms with Crippen LogP contribution < -0.4 is 4.72 Å². The van der Waals surface area contributed by atoms with Gasteiger partial charge in [-0.3, -0.25) is 4.79 Å². The molecule has 108 valence electrons. The molecule has 1 rings (SSSR count). The molecule has 0 aliphatic carbocycles. The zero-order valence-electron chi connectivity index (χ0n) is 11.5. The van der Waals surface area contributed by atoms with Crippen LogP contribution in [0.5, 0.6) is 0 Å². The smallest absolute Gasteiger partial charge is 0.242 e. The van der Waals surface area contributed by atoms with Gasteiger partial charge in [-0.15, -0.1) is 0 Å². The van der Waals surface area contributed by atoms with Crippen LogP contribution in [0.15, 0.2) is 29.2 Å². The van der Waals surface area contributed by atoms with Gasteiger partial charge in [0.2, 0.25) is 15.9 Å². The molecule has 20 heavy (non-hydrogen) atoms. The van der Waals surface area contributed by atoms with Crippen LogP contribution in [0.25, 0.3) is 0 Å². The van der Waals surface area contributed by atoms with Crippen molar-refractivity contribution >= 4 is 15.9 Å². The molecule has 0 radical (unpaired) electrons. The Bertz CT molecular complexity index is 616. The molecule has 0 aliphatic heterocycles. The lowest BCUT2D eigenvalue weighted by molar-refractivity contribution is -0.129. The standard InChI is InChI=1S/C13H17N3O3S/c1-3-16(4-2)13(17)10-15-20(18,19)12-8-6-5-7-11(12)9-14/h5-8,15H,3-4,10H2,1-2H3. The van der Waals surface area contributed by atoms with Gasteiger partial charge >= 0.3 is 0 Å². The van der Waals surface area contributed by atoms with Crippen molar-refractivity contribution in [3.63, 3.8) is 0 Å². The third kappa shape index (κ3) is 3.79. The SMILES string of the molecule is CCN(CC)C(=O)CNS(=O)(=O)c1ccccc1C#N. The Morgan fingerprint density at radius 3 is 2.45 bits per heavy atom. The van der Waals surface area contributed by atoms with E-state index in [-0.39, 0.29) is 22.9 Å². The quantitative estimate of drug-likeness (QED) is 0.836. The number of nitrogens with zero attached hydrogens (tertiary/aromatic N) is 2. The third-order valence-corrected chi connectivity index (χ3v) is 4.29. The van der Waals surface area contributed by atoms with Gasteiger partial charge in [0.05, 0.1) is 17.0 Å². The van der Waals surface area contributed by atoms with E-state index in [1.54, 1.807) is 6.07 Å². The highest BCUT2D eigenvalue weighted by molar-refractivity contribution is 7.89. The maximum absolute atomic E-state index is 12.1. The summed E-state index contributed by atoms with van der Waals surface area (Å²) in [6.45, 7) is 4.36. The number of hydrogen-bond acceptors (Lipinski definition) is 4. The summed E-state index contributed by atoms with van der Waals surface area (Å²) in [5, 5.41) is 8.91. The topological polar surface area (TPSA) is 90.3 Å². The average Bonchev–Trinajstić information content (AvgIpc) is 2.46. The molecular weight excluding hydrogens is 278 g/mol. The molecule has 1 amide bonds. The fourth-order valence-corrected chi connectivity index (χ4v) is 2.85. The third-order valence-electron chi connectivity index (χ3n) is 2.83. The van der Waals surface area contributed by atoms with Crippen molar-refractivity contribution in [2.75, 3.05) is 19.6 Å². The number of rotatable bonds is 6. The molecule has 6 nitrogen and oxygen atoms in total. The highest BCUT2D eigenvalue weighted by atomic mass is 32.2. The van der Waals surface area contributed by atoms with Crippen LogP contribution in [0, 0.1) is 11.3 Å². The summed E-state index contributed by atoms with van der Waals surface area (Å²) in [6, 6.07) is 7.68. The molecule has 0 heterocycles. The minimum Gasteiger partial charge on any atom is -0.342 e. The van der Waals surface area contributed by atoms with Crippen LogP contribution in [0.3, 0.4) is 0 Å². The summed E-state index contributed by atoms with van der Waals surface area (Å²) in [5.74, 6) is -0.298. The van der Waals surface area contributed by atoms with Gasteiger partial charge < -0.3 is 4.90 Å². The maximum Gasteiger partial charge on any atom is 0.242 e. The number of carbonyl (C=O) groups is 1. The Morgan fingerprint density at radius 2 is 1.90 bits per heavy atom. The summed E-state index contributed by atoms with van der Waals surface area (Å²) in [4.78, 5) is 13.2. The van der Waals surface area contributed by atoms with E-state index in [0.29, 0.717) is 13.1 Å². The molecule has 0 atom stereocenters. The molecule has 0 saturated carbocycles. The summed E-state index contributed by atoms with van der Waals surface area (Å²) in [6.07, 6.45) is 0. The molecule has 7 heteroatoms. The van der Waals surface area contributed by atoms with E-state index >= 15 is 0 Å². The number of nitriles is 1. The van der Waals surface area contributed by atoms with Crippen LogP contribution in [-0.4, -0.2) is 38.9 Å². The van der Waals surface area contributed by atoms with Crippen molar-refractivity contribution < 1.29 is 13.2 Å². The van der Waals surface area contributed by atoms with Crippen molar-refractivity contribution in [2.45, 2.75) is 18.7 Å². The largest absolute Gasteiger partial charge is 0.342 e. The molecule has 0 aliphatic rings.